The number of aliphatic carboxylic acids is 1. The number of guanidine groups is 1. The number of esters is 1. The Labute approximate surface area is 286 Å². The van der Waals surface area contributed by atoms with E-state index in [1.807, 2.05) is 55.5 Å². The van der Waals surface area contributed by atoms with Gasteiger partial charge in [-0.2, -0.15) is 0 Å². The lowest BCUT2D eigenvalue weighted by atomic mass is 9.97. The van der Waals surface area contributed by atoms with Crippen LogP contribution < -0.4 is 27.0 Å². The van der Waals surface area contributed by atoms with E-state index in [0.29, 0.717) is 12.8 Å². The maximum Gasteiger partial charge on any atom is 0.330 e. The predicted octanol–water partition coefficient (Wildman–Crippen LogP) is 1.92. The van der Waals surface area contributed by atoms with Crippen LogP contribution in [0.15, 0.2) is 60.7 Å². The van der Waals surface area contributed by atoms with Crippen LogP contribution in [0.3, 0.4) is 0 Å². The topological polar surface area (TPSA) is 225 Å². The zero-order chi connectivity index (χ0) is 35.9. The highest BCUT2D eigenvalue weighted by Crippen LogP contribution is 2.44. The first-order chi connectivity index (χ1) is 23.4. The lowest BCUT2D eigenvalue weighted by Crippen LogP contribution is -2.57. The Bertz CT molecular complexity index is 1440. The number of carboxylic acid groups (broad SMARTS) is 1. The molecular weight excluding hydrogens is 632 g/mol. The first-order valence-electron chi connectivity index (χ1n) is 16.4. The number of aliphatic hydroxyl groups is 1. The highest BCUT2D eigenvalue weighted by atomic mass is 16.6. The average Bonchev–Trinajstić information content (AvgIpc) is 3.39. The molecule has 3 rings (SSSR count). The molecule has 1 aliphatic carbocycles. The van der Waals surface area contributed by atoms with Crippen LogP contribution in [0.2, 0.25) is 0 Å². The normalized spacial score (nSPS) is 15.3. The largest absolute Gasteiger partial charge is 0.481 e. The van der Waals surface area contributed by atoms with Crippen LogP contribution in [0.5, 0.6) is 0 Å². The number of carbonyl (C=O) groups excluding carboxylic acids is 3. The minimum Gasteiger partial charge on any atom is -0.481 e. The highest BCUT2D eigenvalue weighted by molar-refractivity contribution is 5.90. The fourth-order valence-corrected chi connectivity index (χ4v) is 5.64. The molecular formula is C35H48N6O8. The fourth-order valence-electron chi connectivity index (χ4n) is 5.64. The molecule has 49 heavy (non-hydrogen) atoms. The number of benzene rings is 2. The summed E-state index contributed by atoms with van der Waals surface area (Å²) in [6.07, 6.45) is 1.29. The minimum absolute atomic E-state index is 0.128. The fraction of sp³-hybridized carbons (Fsp3) is 0.457. The first-order valence-corrected chi connectivity index (χ1v) is 16.4. The van der Waals surface area contributed by atoms with Gasteiger partial charge in [0.2, 0.25) is 18.2 Å². The number of hydrogen-bond donors (Lipinski definition) is 8. The molecule has 0 heterocycles. The third kappa shape index (κ3) is 11.7. The number of nitrogens with two attached hydrogens (primary N) is 1. The van der Waals surface area contributed by atoms with Gasteiger partial charge >= 0.3 is 11.9 Å². The van der Waals surface area contributed by atoms with Gasteiger partial charge in [-0.15, -0.1) is 0 Å². The summed E-state index contributed by atoms with van der Waals surface area (Å²) in [6.45, 7) is 5.77. The van der Waals surface area contributed by atoms with Gasteiger partial charge in [-0.05, 0) is 47.9 Å². The molecule has 2 aromatic carbocycles. The van der Waals surface area contributed by atoms with E-state index in [1.54, 1.807) is 13.8 Å². The predicted molar refractivity (Wildman–Crippen MR) is 183 cm³/mol. The number of aliphatic hydroxyl groups excluding tert-OH is 1. The Morgan fingerprint density at radius 3 is 2.20 bits per heavy atom. The van der Waals surface area contributed by atoms with E-state index < -0.39 is 54.7 Å². The SMILES string of the molecule is CCOC(=O)/C=C/C(CC(=O)O)NC(=O)C(NC(=O)[C@H](CCCNC(=N)N)NC(O)OCC1c2ccccc2-c2ccccc21)C(C)CC. The van der Waals surface area contributed by atoms with Crippen molar-refractivity contribution in [1.29, 1.82) is 5.41 Å². The molecule has 0 bridgehead atoms. The molecule has 2 aromatic rings. The van der Waals surface area contributed by atoms with Gasteiger partial charge in [0.05, 0.1) is 31.7 Å². The van der Waals surface area contributed by atoms with Gasteiger partial charge in [-0.3, -0.25) is 25.1 Å². The molecule has 14 heteroatoms. The van der Waals surface area contributed by atoms with E-state index in [1.165, 1.54) is 6.08 Å². The zero-order valence-electron chi connectivity index (χ0n) is 28.1. The molecule has 9 N–H and O–H groups in total. The van der Waals surface area contributed by atoms with E-state index in [9.17, 15) is 29.4 Å². The third-order valence-corrected chi connectivity index (χ3v) is 8.30. The van der Waals surface area contributed by atoms with Crippen molar-refractivity contribution in [3.8, 4) is 11.1 Å². The number of amides is 2. The number of carbonyl (C=O) groups is 4. The molecule has 4 unspecified atom stereocenters. The summed E-state index contributed by atoms with van der Waals surface area (Å²) in [4.78, 5) is 50.4. The van der Waals surface area contributed by atoms with Crippen molar-refractivity contribution in [2.24, 2.45) is 11.7 Å². The van der Waals surface area contributed by atoms with Crippen LogP contribution in [-0.4, -0.2) is 84.2 Å². The number of ether oxygens (including phenoxy) is 2. The highest BCUT2D eigenvalue weighted by Gasteiger charge is 2.32. The summed E-state index contributed by atoms with van der Waals surface area (Å²) in [5, 5.41) is 38.6. The van der Waals surface area contributed by atoms with Crippen LogP contribution in [0.4, 0.5) is 0 Å². The van der Waals surface area contributed by atoms with E-state index in [0.717, 1.165) is 28.3 Å². The lowest BCUT2D eigenvalue weighted by molar-refractivity contribution is -0.143. The van der Waals surface area contributed by atoms with Crippen LogP contribution >= 0.6 is 0 Å². The van der Waals surface area contributed by atoms with E-state index in [4.69, 9.17) is 20.6 Å². The Hall–Kier alpha value is -4.79. The summed E-state index contributed by atoms with van der Waals surface area (Å²) in [5.74, 6) is -3.86. The van der Waals surface area contributed by atoms with Crippen molar-refractivity contribution in [1.82, 2.24) is 21.3 Å². The summed E-state index contributed by atoms with van der Waals surface area (Å²) in [6, 6.07) is 12.8. The molecule has 0 saturated heterocycles. The van der Waals surface area contributed by atoms with Gasteiger partial charge < -0.3 is 41.4 Å². The summed E-state index contributed by atoms with van der Waals surface area (Å²) < 4.78 is 10.7. The zero-order valence-corrected chi connectivity index (χ0v) is 28.1. The summed E-state index contributed by atoms with van der Waals surface area (Å²) in [5.41, 5.74) is 9.73. The quantitative estimate of drug-likeness (QED) is 0.0252. The Kier molecular flexibility index (Phi) is 15.2. The van der Waals surface area contributed by atoms with E-state index >= 15 is 0 Å². The van der Waals surface area contributed by atoms with Crippen LogP contribution in [0, 0.1) is 11.3 Å². The molecule has 0 spiro atoms. The molecule has 0 saturated carbocycles. The molecule has 0 aromatic heterocycles. The van der Waals surface area contributed by atoms with Crippen molar-refractivity contribution in [3.63, 3.8) is 0 Å². The molecule has 2 amide bonds. The van der Waals surface area contributed by atoms with Crippen LogP contribution in [0.1, 0.15) is 63.5 Å². The van der Waals surface area contributed by atoms with Crippen LogP contribution in [0.25, 0.3) is 11.1 Å². The van der Waals surface area contributed by atoms with Crippen LogP contribution in [-0.2, 0) is 28.7 Å². The maximum atomic E-state index is 13.7. The van der Waals surface area contributed by atoms with Crippen molar-refractivity contribution in [2.75, 3.05) is 19.8 Å². The third-order valence-electron chi connectivity index (χ3n) is 8.30. The smallest absolute Gasteiger partial charge is 0.330 e. The second kappa shape index (κ2) is 19.3. The molecule has 14 nitrogen and oxygen atoms in total. The summed E-state index contributed by atoms with van der Waals surface area (Å²) in [7, 11) is 0. The Balaban J connectivity index is 1.73. The molecule has 5 atom stereocenters. The number of rotatable bonds is 20. The molecule has 0 fully saturated rings. The van der Waals surface area contributed by atoms with Crippen molar-refractivity contribution in [2.45, 2.75) is 76.9 Å². The van der Waals surface area contributed by atoms with Crippen molar-refractivity contribution >= 4 is 29.7 Å². The minimum atomic E-state index is -1.54. The average molecular weight is 681 g/mol. The van der Waals surface area contributed by atoms with Gasteiger partial charge in [0.25, 0.3) is 0 Å². The monoisotopic (exact) mass is 680 g/mol. The molecule has 266 valence electrons. The van der Waals surface area contributed by atoms with E-state index in [-0.39, 0.29) is 44.0 Å². The Morgan fingerprint density at radius 1 is 1.00 bits per heavy atom. The number of carboxylic acids is 1. The van der Waals surface area contributed by atoms with Gasteiger partial charge in [-0.1, -0.05) is 74.9 Å². The Morgan fingerprint density at radius 2 is 1.63 bits per heavy atom. The van der Waals surface area contributed by atoms with Crippen molar-refractivity contribution in [3.05, 3.63) is 71.8 Å². The van der Waals surface area contributed by atoms with Gasteiger partial charge in [0, 0.05) is 18.5 Å². The maximum absolute atomic E-state index is 13.7. The lowest BCUT2D eigenvalue weighted by Gasteiger charge is -2.29. The standard InChI is InChI=1S/C35H48N6O8/c1-4-21(3)31(33(46)39-22(19-29(42)43)16-17-30(44)48-5-2)41-32(45)28(15-10-18-38-34(36)37)40-35(47)49-20-27-25-13-8-6-11-23(25)24-12-7-9-14-26(24)27/h6-9,11-14,16-17,21-22,27-28,31,35,40,47H,4-5,10,15,18-20H2,1-3H3,(H,39,46)(H,41,45)(H,42,43)(H4,36,37,38)/b17-16+/t21?,22?,28-,31?,35?/m0/s1. The number of nitrogens with one attached hydrogen (secondary N) is 5. The van der Waals surface area contributed by atoms with E-state index in [2.05, 4.69) is 21.3 Å². The van der Waals surface area contributed by atoms with Gasteiger partial charge in [0.1, 0.15) is 6.04 Å². The molecule has 1 aliphatic rings. The summed E-state index contributed by atoms with van der Waals surface area (Å²) >= 11 is 0. The second-order valence-corrected chi connectivity index (χ2v) is 11.8. The second-order valence-electron chi connectivity index (χ2n) is 11.8. The number of hydrogen-bond acceptors (Lipinski definition) is 9. The van der Waals surface area contributed by atoms with Crippen molar-refractivity contribution < 1.29 is 38.9 Å². The van der Waals surface area contributed by atoms with Gasteiger partial charge in [0.15, 0.2) is 5.96 Å². The van der Waals surface area contributed by atoms with Gasteiger partial charge in [-0.25, -0.2) is 4.79 Å². The first kappa shape index (κ1) is 38.7. The molecule has 0 aliphatic heterocycles. The molecule has 0 radical (unpaired) electrons. The number of fused-ring (bicyclic) bond motifs is 3.